The van der Waals surface area contributed by atoms with Gasteiger partial charge in [-0.25, -0.2) is 0 Å². The minimum atomic E-state index is 0.674. The van der Waals surface area contributed by atoms with E-state index in [4.69, 9.17) is 11.2 Å². The molecule has 3 heteroatoms. The average molecular weight is 230 g/mol. The van der Waals surface area contributed by atoms with E-state index in [1.54, 1.807) is 0 Å². The zero-order valence-electron chi connectivity index (χ0n) is 10.2. The highest BCUT2D eigenvalue weighted by Gasteiger charge is 2.15. The molecule has 2 rings (SSSR count). The molecule has 3 nitrogen and oxygen atoms in total. The topological polar surface area (TPSA) is 24.5 Å². The highest BCUT2D eigenvalue weighted by Crippen LogP contribution is 2.31. The molecule has 0 aliphatic carbocycles. The number of rotatable bonds is 4. The van der Waals surface area contributed by atoms with Gasteiger partial charge in [-0.2, -0.15) is 0 Å². The van der Waals surface area contributed by atoms with Crippen LogP contribution in [0.3, 0.4) is 0 Å². The Morgan fingerprint density at radius 3 is 3.18 bits per heavy atom. The van der Waals surface area contributed by atoms with Crippen molar-refractivity contribution in [2.45, 2.75) is 13.5 Å². The molecule has 0 aromatic heterocycles. The number of anilines is 1. The van der Waals surface area contributed by atoms with E-state index in [9.17, 15) is 0 Å². The van der Waals surface area contributed by atoms with Crippen LogP contribution in [0.4, 0.5) is 5.69 Å². The maximum absolute atomic E-state index is 5.74. The first-order chi connectivity index (χ1) is 8.35. The van der Waals surface area contributed by atoms with Crippen molar-refractivity contribution in [1.29, 1.82) is 0 Å². The molecule has 0 radical (unpaired) electrons. The second-order valence-electron chi connectivity index (χ2n) is 4.08. The zero-order chi connectivity index (χ0) is 12.1. The average Bonchev–Trinajstić information content (AvgIpc) is 2.38. The lowest BCUT2D eigenvalue weighted by molar-refractivity contribution is 0.290. The Balaban J connectivity index is 2.18. The summed E-state index contributed by atoms with van der Waals surface area (Å²) in [5.74, 6) is 3.67. The fraction of sp³-hybridized carbons (Fsp3) is 0.429. The maximum Gasteiger partial charge on any atom is 0.146 e. The number of hydrogen-bond donors (Lipinski definition) is 1. The molecule has 1 aromatic carbocycles. The van der Waals surface area contributed by atoms with E-state index in [0.717, 1.165) is 37.7 Å². The van der Waals surface area contributed by atoms with E-state index in [0.29, 0.717) is 6.54 Å². The first-order valence-corrected chi connectivity index (χ1v) is 5.99. The molecule has 0 bridgehead atoms. The smallest absolute Gasteiger partial charge is 0.146 e. The van der Waals surface area contributed by atoms with Crippen LogP contribution in [0.15, 0.2) is 18.2 Å². The fourth-order valence-corrected chi connectivity index (χ4v) is 2.01. The molecule has 1 heterocycles. The van der Waals surface area contributed by atoms with Crippen LogP contribution >= 0.6 is 0 Å². The Morgan fingerprint density at radius 2 is 2.41 bits per heavy atom. The van der Waals surface area contributed by atoms with Gasteiger partial charge in [0.1, 0.15) is 12.4 Å². The van der Waals surface area contributed by atoms with Crippen molar-refractivity contribution < 1.29 is 4.74 Å². The molecule has 0 unspecified atom stereocenters. The van der Waals surface area contributed by atoms with Gasteiger partial charge in [-0.15, -0.1) is 6.42 Å². The molecule has 0 atom stereocenters. The van der Waals surface area contributed by atoms with Gasteiger partial charge in [-0.3, -0.25) is 4.90 Å². The minimum absolute atomic E-state index is 0.674. The van der Waals surface area contributed by atoms with Gasteiger partial charge in [0, 0.05) is 18.7 Å². The molecule has 1 aliphatic rings. The van der Waals surface area contributed by atoms with Gasteiger partial charge in [0.05, 0.1) is 12.2 Å². The van der Waals surface area contributed by atoms with Gasteiger partial charge in [0.25, 0.3) is 0 Å². The summed E-state index contributed by atoms with van der Waals surface area (Å²) in [4.78, 5) is 2.22. The third-order valence-corrected chi connectivity index (χ3v) is 2.92. The lowest BCUT2D eigenvalue weighted by Crippen LogP contribution is -2.25. The summed E-state index contributed by atoms with van der Waals surface area (Å²) in [6.07, 6.45) is 5.36. The van der Waals surface area contributed by atoms with Crippen molar-refractivity contribution in [3.8, 4) is 18.1 Å². The molecule has 0 fully saturated rings. The Hall–Kier alpha value is -1.66. The third kappa shape index (κ3) is 2.72. The maximum atomic E-state index is 5.74. The summed E-state index contributed by atoms with van der Waals surface area (Å²) in [5, 5.41) is 3.34. The van der Waals surface area contributed by atoms with Crippen molar-refractivity contribution in [1.82, 2.24) is 4.90 Å². The number of terminal acetylenes is 1. The number of benzene rings is 1. The highest BCUT2D eigenvalue weighted by atomic mass is 16.5. The van der Waals surface area contributed by atoms with Crippen LogP contribution in [0.5, 0.6) is 5.75 Å². The molecule has 1 aliphatic heterocycles. The molecule has 0 spiro atoms. The van der Waals surface area contributed by atoms with Crippen molar-refractivity contribution >= 4 is 5.69 Å². The predicted molar refractivity (Wildman–Crippen MR) is 70.2 cm³/mol. The van der Waals surface area contributed by atoms with Gasteiger partial charge in [-0.1, -0.05) is 25.0 Å². The SMILES string of the molecule is C#CCN(CC)Cc1cccc2c1OCCN2. The summed E-state index contributed by atoms with van der Waals surface area (Å²) in [6.45, 7) is 6.18. The van der Waals surface area contributed by atoms with Gasteiger partial charge >= 0.3 is 0 Å². The normalized spacial score (nSPS) is 13.5. The van der Waals surface area contributed by atoms with Gasteiger partial charge in [0.2, 0.25) is 0 Å². The molecule has 0 saturated carbocycles. The zero-order valence-corrected chi connectivity index (χ0v) is 10.2. The highest BCUT2D eigenvalue weighted by molar-refractivity contribution is 5.61. The van der Waals surface area contributed by atoms with Crippen LogP contribution in [0, 0.1) is 12.3 Å². The van der Waals surface area contributed by atoms with E-state index in [2.05, 4.69) is 41.3 Å². The summed E-state index contributed by atoms with van der Waals surface area (Å²) in [7, 11) is 0. The second-order valence-corrected chi connectivity index (χ2v) is 4.08. The lowest BCUT2D eigenvalue weighted by atomic mass is 10.1. The van der Waals surface area contributed by atoms with Crippen molar-refractivity contribution in [3.63, 3.8) is 0 Å². The van der Waals surface area contributed by atoms with Gasteiger partial charge in [0.15, 0.2) is 0 Å². The number of hydrogen-bond acceptors (Lipinski definition) is 3. The Morgan fingerprint density at radius 1 is 1.53 bits per heavy atom. The quantitative estimate of drug-likeness (QED) is 0.800. The van der Waals surface area contributed by atoms with Crippen molar-refractivity contribution in [2.24, 2.45) is 0 Å². The van der Waals surface area contributed by atoms with Crippen LogP contribution in [-0.4, -0.2) is 31.1 Å². The number of para-hydroxylation sites is 1. The second kappa shape index (κ2) is 5.60. The van der Waals surface area contributed by atoms with E-state index in [1.165, 1.54) is 5.56 Å². The largest absolute Gasteiger partial charge is 0.489 e. The molecule has 17 heavy (non-hydrogen) atoms. The van der Waals surface area contributed by atoms with Crippen LogP contribution in [0.1, 0.15) is 12.5 Å². The van der Waals surface area contributed by atoms with Crippen molar-refractivity contribution in [2.75, 3.05) is 31.6 Å². The predicted octanol–water partition coefficient (Wildman–Crippen LogP) is 1.95. The Labute approximate surface area is 103 Å². The lowest BCUT2D eigenvalue weighted by Gasteiger charge is -2.24. The Kier molecular flexibility index (Phi) is 3.89. The standard InChI is InChI=1S/C14H18N2O/c1-3-9-16(4-2)11-12-6-5-7-13-14(12)17-10-8-15-13/h1,5-7,15H,4,8-11H2,2H3. The molecule has 1 aromatic rings. The fourth-order valence-electron chi connectivity index (χ4n) is 2.01. The van der Waals surface area contributed by atoms with Crippen molar-refractivity contribution in [3.05, 3.63) is 23.8 Å². The molecule has 0 saturated heterocycles. The third-order valence-electron chi connectivity index (χ3n) is 2.92. The molecular formula is C14H18N2O. The van der Waals surface area contributed by atoms with Gasteiger partial charge < -0.3 is 10.1 Å². The van der Waals surface area contributed by atoms with E-state index < -0.39 is 0 Å². The van der Waals surface area contributed by atoms with Crippen LogP contribution in [0.2, 0.25) is 0 Å². The monoisotopic (exact) mass is 230 g/mol. The number of nitrogens with zero attached hydrogens (tertiary/aromatic N) is 1. The first-order valence-electron chi connectivity index (χ1n) is 5.99. The summed E-state index contributed by atoms with van der Waals surface area (Å²) >= 11 is 0. The summed E-state index contributed by atoms with van der Waals surface area (Å²) < 4.78 is 5.74. The molecule has 0 amide bonds. The molecule has 90 valence electrons. The van der Waals surface area contributed by atoms with Crippen LogP contribution in [-0.2, 0) is 6.54 Å². The van der Waals surface area contributed by atoms with Gasteiger partial charge in [-0.05, 0) is 12.6 Å². The summed E-state index contributed by atoms with van der Waals surface area (Å²) in [5.41, 5.74) is 2.29. The Bertz CT molecular complexity index is 423. The number of fused-ring (bicyclic) bond motifs is 1. The first kappa shape index (κ1) is 11.8. The molecule has 1 N–H and O–H groups in total. The van der Waals surface area contributed by atoms with E-state index >= 15 is 0 Å². The number of nitrogens with one attached hydrogen (secondary N) is 1. The van der Waals surface area contributed by atoms with Crippen LogP contribution in [0.25, 0.3) is 0 Å². The summed E-state index contributed by atoms with van der Waals surface area (Å²) in [6, 6.07) is 6.21. The molecular weight excluding hydrogens is 212 g/mol. The van der Waals surface area contributed by atoms with E-state index in [1.807, 2.05) is 0 Å². The minimum Gasteiger partial charge on any atom is -0.489 e. The van der Waals surface area contributed by atoms with E-state index in [-0.39, 0.29) is 0 Å². The number of ether oxygens (including phenoxy) is 1. The van der Waals surface area contributed by atoms with Crippen LogP contribution < -0.4 is 10.1 Å².